The van der Waals surface area contributed by atoms with Crippen molar-refractivity contribution in [2.24, 2.45) is 0 Å². The average molecular weight is 243 g/mol. The van der Waals surface area contributed by atoms with Crippen molar-refractivity contribution in [2.45, 2.75) is 26.3 Å². The van der Waals surface area contributed by atoms with Crippen LogP contribution in [0.3, 0.4) is 0 Å². The molecule has 2 rings (SSSR count). The van der Waals surface area contributed by atoms with Crippen LogP contribution in [-0.2, 0) is 6.42 Å². The molecule has 0 N–H and O–H groups in total. The van der Waals surface area contributed by atoms with Gasteiger partial charge in [-0.25, -0.2) is 4.79 Å². The molecule has 4 heteroatoms. The Kier molecular flexibility index (Phi) is 3.52. The maximum atomic E-state index is 12.3. The summed E-state index contributed by atoms with van der Waals surface area (Å²) >= 11 is 0. The Morgan fingerprint density at radius 3 is 2.67 bits per heavy atom. The van der Waals surface area contributed by atoms with Gasteiger partial charge in [-0.15, -0.1) is 0 Å². The number of nitrogens with zero attached hydrogens (tertiary/aromatic N) is 3. The maximum absolute atomic E-state index is 12.3. The molecule has 0 unspecified atom stereocenters. The van der Waals surface area contributed by atoms with Gasteiger partial charge in [0.05, 0.1) is 12.5 Å². The molecule has 1 fully saturated rings. The smallest absolute Gasteiger partial charge is 0.320 e. The number of para-hydroxylation sites is 1. The van der Waals surface area contributed by atoms with E-state index in [0.29, 0.717) is 13.0 Å². The first kappa shape index (κ1) is 12.4. The van der Waals surface area contributed by atoms with Gasteiger partial charge in [0.15, 0.2) is 0 Å². The Hall–Kier alpha value is -2.02. The highest BCUT2D eigenvalue weighted by Crippen LogP contribution is 2.25. The molecule has 4 nitrogen and oxygen atoms in total. The van der Waals surface area contributed by atoms with E-state index in [4.69, 9.17) is 5.26 Å². The molecule has 0 spiro atoms. The van der Waals surface area contributed by atoms with Crippen molar-refractivity contribution >= 4 is 11.7 Å². The molecule has 18 heavy (non-hydrogen) atoms. The van der Waals surface area contributed by atoms with Gasteiger partial charge in [0.1, 0.15) is 0 Å². The van der Waals surface area contributed by atoms with E-state index in [9.17, 15) is 4.79 Å². The molecule has 1 aliphatic heterocycles. The van der Waals surface area contributed by atoms with E-state index in [2.05, 4.69) is 6.07 Å². The summed E-state index contributed by atoms with van der Waals surface area (Å²) in [4.78, 5) is 15.9. The van der Waals surface area contributed by atoms with Crippen molar-refractivity contribution < 1.29 is 4.79 Å². The molecule has 1 aliphatic rings. The first-order valence-electron chi connectivity index (χ1n) is 6.18. The number of benzene rings is 1. The van der Waals surface area contributed by atoms with Gasteiger partial charge in [0.2, 0.25) is 0 Å². The van der Waals surface area contributed by atoms with Crippen molar-refractivity contribution in [3.05, 3.63) is 29.8 Å². The zero-order valence-electron chi connectivity index (χ0n) is 10.8. The van der Waals surface area contributed by atoms with Crippen molar-refractivity contribution in [3.8, 4) is 6.07 Å². The lowest BCUT2D eigenvalue weighted by molar-refractivity contribution is 0.209. The normalized spacial score (nSPS) is 15.3. The minimum atomic E-state index is 0.0374. The van der Waals surface area contributed by atoms with Gasteiger partial charge < -0.3 is 4.90 Å². The van der Waals surface area contributed by atoms with E-state index in [-0.39, 0.29) is 12.1 Å². The van der Waals surface area contributed by atoms with Crippen LogP contribution in [-0.4, -0.2) is 30.1 Å². The lowest BCUT2D eigenvalue weighted by Crippen LogP contribution is -2.36. The zero-order chi connectivity index (χ0) is 13.1. The van der Waals surface area contributed by atoms with Crippen molar-refractivity contribution in [1.82, 2.24) is 4.90 Å². The first-order chi connectivity index (χ1) is 8.65. The molecule has 0 saturated carbocycles. The Morgan fingerprint density at radius 1 is 1.33 bits per heavy atom. The lowest BCUT2D eigenvalue weighted by atomic mass is 10.1. The standard InChI is InChI=1S/C14H17N3O/c1-11(2)16-9-10-17(14(16)18)13-6-4-3-5-12(13)7-8-15/h3-6,11H,7,9-10H2,1-2H3. The zero-order valence-corrected chi connectivity index (χ0v) is 10.8. The van der Waals surface area contributed by atoms with E-state index < -0.39 is 0 Å². The Balaban J connectivity index is 2.28. The average Bonchev–Trinajstić information content (AvgIpc) is 2.72. The molecule has 1 aromatic rings. The predicted octanol–water partition coefficient (Wildman–Crippen LogP) is 2.40. The summed E-state index contributed by atoms with van der Waals surface area (Å²) in [6, 6.07) is 10.0. The third kappa shape index (κ3) is 2.17. The molecule has 0 atom stereocenters. The molecule has 1 saturated heterocycles. The fourth-order valence-corrected chi connectivity index (χ4v) is 2.27. The van der Waals surface area contributed by atoms with Crippen LogP contribution in [0.25, 0.3) is 0 Å². The van der Waals surface area contributed by atoms with Crippen molar-refractivity contribution in [2.75, 3.05) is 18.0 Å². The Morgan fingerprint density at radius 2 is 2.06 bits per heavy atom. The quantitative estimate of drug-likeness (QED) is 0.818. The molecule has 0 aliphatic carbocycles. The van der Waals surface area contributed by atoms with Crippen LogP contribution >= 0.6 is 0 Å². The number of carbonyl (C=O) groups excluding carboxylic acids is 1. The van der Waals surface area contributed by atoms with Crippen LogP contribution in [0.15, 0.2) is 24.3 Å². The van der Waals surface area contributed by atoms with Gasteiger partial charge in [0, 0.05) is 24.8 Å². The number of nitriles is 1. The highest BCUT2D eigenvalue weighted by atomic mass is 16.2. The van der Waals surface area contributed by atoms with E-state index in [0.717, 1.165) is 17.8 Å². The number of hydrogen-bond acceptors (Lipinski definition) is 2. The first-order valence-corrected chi connectivity index (χ1v) is 6.18. The largest absolute Gasteiger partial charge is 0.324 e. The minimum absolute atomic E-state index is 0.0374. The number of amides is 2. The fraction of sp³-hybridized carbons (Fsp3) is 0.429. The summed E-state index contributed by atoms with van der Waals surface area (Å²) in [5.41, 5.74) is 1.78. The molecule has 2 amide bonds. The summed E-state index contributed by atoms with van der Waals surface area (Å²) in [7, 11) is 0. The van der Waals surface area contributed by atoms with Crippen LogP contribution in [0.4, 0.5) is 10.5 Å². The van der Waals surface area contributed by atoms with Gasteiger partial charge in [-0.2, -0.15) is 5.26 Å². The molecular formula is C14H17N3O. The monoisotopic (exact) mass is 243 g/mol. The van der Waals surface area contributed by atoms with Crippen LogP contribution in [0.5, 0.6) is 0 Å². The highest BCUT2D eigenvalue weighted by Gasteiger charge is 2.31. The van der Waals surface area contributed by atoms with Gasteiger partial charge in [-0.05, 0) is 25.5 Å². The summed E-state index contributed by atoms with van der Waals surface area (Å²) in [6.07, 6.45) is 0.335. The van der Waals surface area contributed by atoms with Crippen LogP contribution in [0.2, 0.25) is 0 Å². The second kappa shape index (κ2) is 5.09. The van der Waals surface area contributed by atoms with Gasteiger partial charge >= 0.3 is 6.03 Å². The number of rotatable bonds is 3. The molecule has 0 aromatic heterocycles. The van der Waals surface area contributed by atoms with Crippen molar-refractivity contribution in [3.63, 3.8) is 0 Å². The highest BCUT2D eigenvalue weighted by molar-refractivity contribution is 5.95. The number of carbonyl (C=O) groups is 1. The predicted molar refractivity (Wildman–Crippen MR) is 70.3 cm³/mol. The molecule has 1 heterocycles. The van der Waals surface area contributed by atoms with E-state index in [1.165, 1.54) is 0 Å². The lowest BCUT2D eigenvalue weighted by Gasteiger charge is -2.22. The summed E-state index contributed by atoms with van der Waals surface area (Å²) in [6.45, 7) is 5.47. The van der Waals surface area contributed by atoms with Crippen LogP contribution < -0.4 is 4.90 Å². The third-order valence-electron chi connectivity index (χ3n) is 3.22. The summed E-state index contributed by atoms with van der Waals surface area (Å²) in [5, 5.41) is 8.83. The van der Waals surface area contributed by atoms with E-state index >= 15 is 0 Å². The maximum Gasteiger partial charge on any atom is 0.324 e. The van der Waals surface area contributed by atoms with Gasteiger partial charge in [-0.3, -0.25) is 4.90 Å². The number of anilines is 1. The topological polar surface area (TPSA) is 47.3 Å². The van der Waals surface area contributed by atoms with Crippen LogP contribution in [0, 0.1) is 11.3 Å². The summed E-state index contributed by atoms with van der Waals surface area (Å²) < 4.78 is 0. The minimum Gasteiger partial charge on any atom is -0.320 e. The molecule has 0 bridgehead atoms. The van der Waals surface area contributed by atoms with E-state index in [1.54, 1.807) is 4.90 Å². The van der Waals surface area contributed by atoms with E-state index in [1.807, 2.05) is 43.0 Å². The molecule has 0 radical (unpaired) electrons. The van der Waals surface area contributed by atoms with Crippen LogP contribution in [0.1, 0.15) is 19.4 Å². The van der Waals surface area contributed by atoms with Gasteiger partial charge in [0.25, 0.3) is 0 Å². The Bertz CT molecular complexity index is 490. The van der Waals surface area contributed by atoms with Crippen molar-refractivity contribution in [1.29, 1.82) is 5.26 Å². The number of hydrogen-bond donors (Lipinski definition) is 0. The third-order valence-corrected chi connectivity index (χ3v) is 3.22. The van der Waals surface area contributed by atoms with Gasteiger partial charge in [-0.1, -0.05) is 18.2 Å². The fourth-order valence-electron chi connectivity index (χ4n) is 2.27. The summed E-state index contributed by atoms with van der Waals surface area (Å²) in [5.74, 6) is 0. The molecular weight excluding hydrogens is 226 g/mol. The molecule has 94 valence electrons. The molecule has 1 aromatic carbocycles. The second-order valence-corrected chi connectivity index (χ2v) is 4.68. The SMILES string of the molecule is CC(C)N1CCN(c2ccccc2CC#N)C1=O. The number of urea groups is 1. The second-order valence-electron chi connectivity index (χ2n) is 4.68. The Labute approximate surface area is 107 Å².